The molecule has 0 saturated carbocycles. The molecular weight excluding hydrogens is 242 g/mol. The third-order valence-electron chi connectivity index (χ3n) is 1.72. The summed E-state index contributed by atoms with van der Waals surface area (Å²) in [6.07, 6.45) is 3.18. The first-order chi connectivity index (χ1) is 6.68. The summed E-state index contributed by atoms with van der Waals surface area (Å²) in [7, 11) is 0. The zero-order valence-corrected chi connectivity index (χ0v) is 9.18. The largest absolute Gasteiger partial charge is 0.236 e. The first-order valence-corrected chi connectivity index (χ1v) is 4.96. The third kappa shape index (κ3) is 1.73. The Hall–Kier alpha value is -0.700. The summed E-state index contributed by atoms with van der Waals surface area (Å²) < 4.78 is 1.55. The molecule has 0 amide bonds. The fraction of sp³-hybridized carbons (Fsp3) is 0. The summed E-state index contributed by atoms with van der Waals surface area (Å²) in [6, 6.07) is 5.27. The Morgan fingerprint density at radius 2 is 1.71 bits per heavy atom. The van der Waals surface area contributed by atoms with E-state index in [1.807, 2.05) is 0 Å². The van der Waals surface area contributed by atoms with E-state index in [0.717, 1.165) is 0 Å². The molecule has 0 saturated heterocycles. The van der Waals surface area contributed by atoms with E-state index in [4.69, 9.17) is 34.8 Å². The Morgan fingerprint density at radius 1 is 1.07 bits per heavy atom. The molecule has 0 radical (unpaired) electrons. The quantitative estimate of drug-likeness (QED) is 0.749. The molecule has 14 heavy (non-hydrogen) atoms. The molecule has 2 aromatic rings. The number of halogens is 3. The van der Waals surface area contributed by atoms with Crippen molar-refractivity contribution >= 4 is 34.8 Å². The lowest BCUT2D eigenvalue weighted by Gasteiger charge is -2.05. The van der Waals surface area contributed by atoms with E-state index in [1.165, 1.54) is 6.20 Å². The minimum atomic E-state index is 0.539. The van der Waals surface area contributed by atoms with Crippen LogP contribution in [0.5, 0.6) is 0 Å². The van der Waals surface area contributed by atoms with Crippen molar-refractivity contribution in [1.82, 2.24) is 9.78 Å². The van der Waals surface area contributed by atoms with Crippen LogP contribution in [0.2, 0.25) is 15.1 Å². The van der Waals surface area contributed by atoms with E-state index in [1.54, 1.807) is 29.1 Å². The molecule has 1 aromatic carbocycles. The van der Waals surface area contributed by atoms with Crippen LogP contribution in [-0.2, 0) is 0 Å². The molecule has 1 aromatic heterocycles. The van der Waals surface area contributed by atoms with Crippen molar-refractivity contribution in [2.45, 2.75) is 0 Å². The molecule has 0 aliphatic carbocycles. The van der Waals surface area contributed by atoms with Crippen LogP contribution in [0.25, 0.3) is 5.69 Å². The van der Waals surface area contributed by atoms with Gasteiger partial charge in [-0.3, -0.25) is 0 Å². The van der Waals surface area contributed by atoms with Crippen molar-refractivity contribution < 1.29 is 0 Å². The van der Waals surface area contributed by atoms with Crippen molar-refractivity contribution in [3.63, 3.8) is 0 Å². The zero-order chi connectivity index (χ0) is 10.1. The monoisotopic (exact) mass is 246 g/mol. The van der Waals surface area contributed by atoms with Crippen molar-refractivity contribution in [2.24, 2.45) is 0 Å². The number of nitrogens with zero attached hydrogens (tertiary/aromatic N) is 2. The molecule has 5 heteroatoms. The van der Waals surface area contributed by atoms with Crippen molar-refractivity contribution in [1.29, 1.82) is 0 Å². The molecule has 0 N–H and O–H groups in total. The molecule has 0 spiro atoms. The maximum absolute atomic E-state index is 5.98. The van der Waals surface area contributed by atoms with E-state index < -0.39 is 0 Å². The fourth-order valence-electron chi connectivity index (χ4n) is 1.13. The van der Waals surface area contributed by atoms with Crippen LogP contribution in [0.4, 0.5) is 0 Å². The average Bonchev–Trinajstić information content (AvgIpc) is 2.51. The fourth-order valence-corrected chi connectivity index (χ4v) is 1.84. The van der Waals surface area contributed by atoms with E-state index in [2.05, 4.69) is 5.10 Å². The van der Waals surface area contributed by atoms with Gasteiger partial charge in [0.25, 0.3) is 0 Å². The molecule has 0 atom stereocenters. The van der Waals surface area contributed by atoms with Crippen LogP contribution < -0.4 is 0 Å². The lowest BCUT2D eigenvalue weighted by molar-refractivity contribution is 0.881. The average molecular weight is 248 g/mol. The molecule has 0 unspecified atom stereocenters. The van der Waals surface area contributed by atoms with Gasteiger partial charge in [0.1, 0.15) is 5.69 Å². The van der Waals surface area contributed by atoms with E-state index in [0.29, 0.717) is 20.8 Å². The van der Waals surface area contributed by atoms with Gasteiger partial charge in [0.15, 0.2) is 0 Å². The number of hydrogen-bond donors (Lipinski definition) is 0. The van der Waals surface area contributed by atoms with Gasteiger partial charge in [-0.1, -0.05) is 40.9 Å². The van der Waals surface area contributed by atoms with E-state index in [9.17, 15) is 0 Å². The number of aromatic nitrogens is 2. The number of hydrogen-bond acceptors (Lipinski definition) is 1. The summed E-state index contributed by atoms with van der Waals surface area (Å²) in [5.74, 6) is 0. The predicted octanol–water partition coefficient (Wildman–Crippen LogP) is 3.83. The topological polar surface area (TPSA) is 17.8 Å². The minimum Gasteiger partial charge on any atom is -0.236 e. The van der Waals surface area contributed by atoms with Gasteiger partial charge in [0.2, 0.25) is 0 Å². The van der Waals surface area contributed by atoms with Gasteiger partial charge < -0.3 is 0 Å². The second-order valence-electron chi connectivity index (χ2n) is 2.67. The smallest absolute Gasteiger partial charge is 0.102 e. The summed E-state index contributed by atoms with van der Waals surface area (Å²) in [5.41, 5.74) is 0.641. The highest BCUT2D eigenvalue weighted by atomic mass is 35.5. The summed E-state index contributed by atoms with van der Waals surface area (Å²) in [6.45, 7) is 0. The molecule has 0 aliphatic heterocycles. The normalized spacial score (nSPS) is 10.5. The summed E-state index contributed by atoms with van der Waals surface area (Å²) in [4.78, 5) is 0. The van der Waals surface area contributed by atoms with Gasteiger partial charge in [-0.25, -0.2) is 4.68 Å². The van der Waals surface area contributed by atoms with Gasteiger partial charge in [-0.2, -0.15) is 5.10 Å². The standard InChI is InChI=1S/C9H5Cl3N2/c10-6-4-13-14(5-6)9-7(11)2-1-3-8(9)12/h1-5H. The SMILES string of the molecule is Clc1cnn(-c2c(Cl)cccc2Cl)c1. The third-order valence-corrected chi connectivity index (χ3v) is 2.52. The second-order valence-corrected chi connectivity index (χ2v) is 3.92. The van der Waals surface area contributed by atoms with Gasteiger partial charge >= 0.3 is 0 Å². The first-order valence-electron chi connectivity index (χ1n) is 3.83. The maximum Gasteiger partial charge on any atom is 0.102 e. The van der Waals surface area contributed by atoms with Gasteiger partial charge in [0.05, 0.1) is 21.3 Å². The van der Waals surface area contributed by atoms with Gasteiger partial charge in [0, 0.05) is 6.20 Å². The minimum absolute atomic E-state index is 0.539. The summed E-state index contributed by atoms with van der Waals surface area (Å²) >= 11 is 17.7. The Labute approximate surface area is 96.0 Å². The Bertz CT molecular complexity index is 445. The van der Waals surface area contributed by atoms with E-state index >= 15 is 0 Å². The molecule has 0 fully saturated rings. The molecule has 1 heterocycles. The Morgan fingerprint density at radius 3 is 2.21 bits per heavy atom. The molecular formula is C9H5Cl3N2. The maximum atomic E-state index is 5.98. The lowest BCUT2D eigenvalue weighted by Crippen LogP contribution is -1.95. The summed E-state index contributed by atoms with van der Waals surface area (Å²) in [5, 5.41) is 5.64. The van der Waals surface area contributed by atoms with Crippen LogP contribution >= 0.6 is 34.8 Å². The highest BCUT2D eigenvalue weighted by Gasteiger charge is 2.08. The molecule has 0 aliphatic rings. The van der Waals surface area contributed by atoms with Crippen LogP contribution in [-0.4, -0.2) is 9.78 Å². The highest BCUT2D eigenvalue weighted by Crippen LogP contribution is 2.28. The first kappa shape index (κ1) is 9.84. The number of para-hydroxylation sites is 1. The number of rotatable bonds is 1. The molecule has 2 nitrogen and oxygen atoms in total. The van der Waals surface area contributed by atoms with Crippen LogP contribution in [0.3, 0.4) is 0 Å². The van der Waals surface area contributed by atoms with Gasteiger partial charge in [-0.05, 0) is 12.1 Å². The van der Waals surface area contributed by atoms with Crippen LogP contribution in [0.15, 0.2) is 30.6 Å². The molecule has 2 rings (SSSR count). The highest BCUT2D eigenvalue weighted by molar-refractivity contribution is 6.37. The molecule has 72 valence electrons. The Balaban J connectivity index is 2.61. The number of benzene rings is 1. The van der Waals surface area contributed by atoms with Crippen LogP contribution in [0, 0.1) is 0 Å². The Kier molecular flexibility index (Phi) is 2.68. The van der Waals surface area contributed by atoms with Crippen LogP contribution in [0.1, 0.15) is 0 Å². The van der Waals surface area contributed by atoms with Crippen molar-refractivity contribution in [2.75, 3.05) is 0 Å². The van der Waals surface area contributed by atoms with Gasteiger partial charge in [-0.15, -0.1) is 0 Å². The van der Waals surface area contributed by atoms with Crippen molar-refractivity contribution in [3.05, 3.63) is 45.7 Å². The molecule has 0 bridgehead atoms. The lowest BCUT2D eigenvalue weighted by atomic mass is 10.3. The zero-order valence-electron chi connectivity index (χ0n) is 6.92. The van der Waals surface area contributed by atoms with E-state index in [-0.39, 0.29) is 0 Å². The van der Waals surface area contributed by atoms with Crippen molar-refractivity contribution in [3.8, 4) is 5.69 Å². The predicted molar refractivity (Wildman–Crippen MR) is 58.6 cm³/mol. The second kappa shape index (κ2) is 3.81.